The predicted octanol–water partition coefficient (Wildman–Crippen LogP) is 3.38. The van der Waals surface area contributed by atoms with Gasteiger partial charge in [-0.05, 0) is 24.6 Å². The van der Waals surface area contributed by atoms with E-state index >= 15 is 0 Å². The fraction of sp³-hybridized carbons (Fsp3) is 0.286. The third kappa shape index (κ3) is 4.87. The van der Waals surface area contributed by atoms with Crippen molar-refractivity contribution < 1.29 is 14.7 Å². The number of nitrogens with one attached hydrogen (secondary N) is 1. The highest BCUT2D eigenvalue weighted by Gasteiger charge is 2.17. The first-order valence-electron chi connectivity index (χ1n) is 6.11. The molecule has 0 radical (unpaired) electrons. The van der Waals surface area contributed by atoms with Gasteiger partial charge in [0.2, 0.25) is 5.91 Å². The second-order valence-electron chi connectivity index (χ2n) is 4.16. The van der Waals surface area contributed by atoms with Crippen LogP contribution >= 0.6 is 23.2 Å². The van der Waals surface area contributed by atoms with E-state index in [0.29, 0.717) is 28.5 Å². The van der Waals surface area contributed by atoms with Gasteiger partial charge < -0.3 is 10.4 Å². The molecule has 2 N–H and O–H groups in total. The molecule has 0 aromatic heterocycles. The summed E-state index contributed by atoms with van der Waals surface area (Å²) >= 11 is 11.9. The Labute approximate surface area is 127 Å². The zero-order valence-electron chi connectivity index (χ0n) is 10.9. The fourth-order valence-corrected chi connectivity index (χ4v) is 2.12. The monoisotopic (exact) mass is 315 g/mol. The molecule has 1 unspecified atom stereocenters. The molecule has 0 heterocycles. The molecule has 0 fully saturated rings. The Bertz CT molecular complexity index is 509. The standard InChI is InChI=1S/C14H15Cl2NO3/c1-2-4-12(14(19)20)17-13(18)8-7-9-10(15)5-3-6-11(9)16/h3,5-8,12H,2,4H2,1H3,(H,17,18)(H,19,20)/b8-7+. The number of hydrogen-bond acceptors (Lipinski definition) is 2. The molecule has 0 saturated heterocycles. The van der Waals surface area contributed by atoms with Gasteiger partial charge in [-0.25, -0.2) is 4.79 Å². The van der Waals surface area contributed by atoms with Gasteiger partial charge >= 0.3 is 5.97 Å². The van der Waals surface area contributed by atoms with Crippen LogP contribution in [0.25, 0.3) is 6.08 Å². The van der Waals surface area contributed by atoms with Gasteiger partial charge in [0.15, 0.2) is 0 Å². The molecular formula is C14H15Cl2NO3. The predicted molar refractivity (Wildman–Crippen MR) is 80.0 cm³/mol. The molecular weight excluding hydrogens is 301 g/mol. The number of carboxylic acid groups (broad SMARTS) is 1. The van der Waals surface area contributed by atoms with Crippen LogP contribution in [0.4, 0.5) is 0 Å². The second-order valence-corrected chi connectivity index (χ2v) is 4.97. The maximum absolute atomic E-state index is 11.7. The Morgan fingerprint density at radius 2 is 1.95 bits per heavy atom. The molecule has 4 nitrogen and oxygen atoms in total. The van der Waals surface area contributed by atoms with Crippen LogP contribution in [-0.2, 0) is 9.59 Å². The van der Waals surface area contributed by atoms with E-state index in [1.54, 1.807) is 18.2 Å². The SMILES string of the molecule is CCCC(NC(=O)/C=C/c1c(Cl)cccc1Cl)C(=O)O. The molecule has 6 heteroatoms. The van der Waals surface area contributed by atoms with Crippen molar-refractivity contribution in [1.82, 2.24) is 5.32 Å². The van der Waals surface area contributed by atoms with Gasteiger partial charge in [0.25, 0.3) is 0 Å². The van der Waals surface area contributed by atoms with Crippen molar-refractivity contribution in [2.45, 2.75) is 25.8 Å². The molecule has 0 spiro atoms. The maximum atomic E-state index is 11.7. The molecule has 108 valence electrons. The molecule has 1 aromatic rings. The second kappa shape index (κ2) is 7.92. The van der Waals surface area contributed by atoms with Gasteiger partial charge in [0.1, 0.15) is 6.04 Å². The molecule has 1 amide bonds. The molecule has 1 aromatic carbocycles. The lowest BCUT2D eigenvalue weighted by atomic mass is 10.1. The van der Waals surface area contributed by atoms with Gasteiger partial charge in [-0.15, -0.1) is 0 Å². The topological polar surface area (TPSA) is 66.4 Å². The molecule has 1 atom stereocenters. The van der Waals surface area contributed by atoms with Crippen LogP contribution in [0.5, 0.6) is 0 Å². The van der Waals surface area contributed by atoms with Crippen LogP contribution in [-0.4, -0.2) is 23.0 Å². The first-order valence-corrected chi connectivity index (χ1v) is 6.86. The molecule has 1 rings (SSSR count). The lowest BCUT2D eigenvalue weighted by Gasteiger charge is -2.11. The van der Waals surface area contributed by atoms with Crippen molar-refractivity contribution in [2.24, 2.45) is 0 Å². The first kappa shape index (κ1) is 16.5. The number of benzene rings is 1. The van der Waals surface area contributed by atoms with E-state index in [1.165, 1.54) is 12.2 Å². The molecule has 20 heavy (non-hydrogen) atoms. The number of aliphatic carboxylic acids is 1. The minimum Gasteiger partial charge on any atom is -0.480 e. The number of carboxylic acids is 1. The number of rotatable bonds is 6. The molecule has 0 aliphatic heterocycles. The largest absolute Gasteiger partial charge is 0.480 e. The van der Waals surface area contributed by atoms with Crippen LogP contribution in [0, 0.1) is 0 Å². The zero-order valence-corrected chi connectivity index (χ0v) is 12.4. The third-order valence-corrected chi connectivity index (χ3v) is 3.25. The Morgan fingerprint density at radius 3 is 2.45 bits per heavy atom. The normalized spacial score (nSPS) is 12.3. The van der Waals surface area contributed by atoms with Crippen LogP contribution in [0.2, 0.25) is 10.0 Å². The first-order chi connectivity index (χ1) is 9.45. The summed E-state index contributed by atoms with van der Waals surface area (Å²) in [4.78, 5) is 22.6. The lowest BCUT2D eigenvalue weighted by molar-refractivity contribution is -0.141. The molecule has 0 aliphatic carbocycles. The Hall–Kier alpha value is -1.52. The highest BCUT2D eigenvalue weighted by molar-refractivity contribution is 6.37. The van der Waals surface area contributed by atoms with E-state index in [2.05, 4.69) is 5.32 Å². The van der Waals surface area contributed by atoms with Crippen LogP contribution in [0.1, 0.15) is 25.3 Å². The average Bonchev–Trinajstić information content (AvgIpc) is 2.37. The lowest BCUT2D eigenvalue weighted by Crippen LogP contribution is -2.39. The minimum absolute atomic E-state index is 0.377. The van der Waals surface area contributed by atoms with Crippen molar-refractivity contribution in [3.63, 3.8) is 0 Å². The molecule has 0 aliphatic rings. The number of amides is 1. The van der Waals surface area contributed by atoms with Gasteiger partial charge in [0.05, 0.1) is 0 Å². The number of carbonyl (C=O) groups excluding carboxylic acids is 1. The van der Waals surface area contributed by atoms with E-state index in [4.69, 9.17) is 28.3 Å². The minimum atomic E-state index is -1.05. The van der Waals surface area contributed by atoms with E-state index in [-0.39, 0.29) is 0 Å². The number of carbonyl (C=O) groups is 2. The highest BCUT2D eigenvalue weighted by atomic mass is 35.5. The van der Waals surface area contributed by atoms with E-state index in [1.807, 2.05) is 6.92 Å². The van der Waals surface area contributed by atoms with Gasteiger partial charge in [-0.1, -0.05) is 42.6 Å². The van der Waals surface area contributed by atoms with Crippen molar-refractivity contribution in [3.8, 4) is 0 Å². The van der Waals surface area contributed by atoms with Crippen LogP contribution in [0.3, 0.4) is 0 Å². The third-order valence-electron chi connectivity index (χ3n) is 2.59. The fourth-order valence-electron chi connectivity index (χ4n) is 1.59. The van der Waals surface area contributed by atoms with E-state index in [9.17, 15) is 9.59 Å². The Morgan fingerprint density at radius 1 is 1.35 bits per heavy atom. The van der Waals surface area contributed by atoms with E-state index < -0.39 is 17.9 Å². The summed E-state index contributed by atoms with van der Waals surface area (Å²) in [6.45, 7) is 1.85. The van der Waals surface area contributed by atoms with Gasteiger partial charge in [-0.2, -0.15) is 0 Å². The van der Waals surface area contributed by atoms with Crippen molar-refractivity contribution in [2.75, 3.05) is 0 Å². The van der Waals surface area contributed by atoms with Crippen LogP contribution in [0.15, 0.2) is 24.3 Å². The smallest absolute Gasteiger partial charge is 0.326 e. The number of hydrogen-bond donors (Lipinski definition) is 2. The summed E-state index contributed by atoms with van der Waals surface area (Å²) in [5.74, 6) is -1.55. The van der Waals surface area contributed by atoms with Crippen molar-refractivity contribution in [1.29, 1.82) is 0 Å². The van der Waals surface area contributed by atoms with E-state index in [0.717, 1.165) is 0 Å². The Kier molecular flexibility index (Phi) is 6.55. The summed E-state index contributed by atoms with van der Waals surface area (Å²) in [5, 5.41) is 12.2. The summed E-state index contributed by atoms with van der Waals surface area (Å²) in [6.07, 6.45) is 3.72. The summed E-state index contributed by atoms with van der Waals surface area (Å²) in [5.41, 5.74) is 0.522. The van der Waals surface area contributed by atoms with Crippen molar-refractivity contribution >= 4 is 41.2 Å². The van der Waals surface area contributed by atoms with Crippen LogP contribution < -0.4 is 5.32 Å². The quantitative estimate of drug-likeness (QED) is 0.791. The molecule has 0 saturated carbocycles. The molecule has 0 bridgehead atoms. The summed E-state index contributed by atoms with van der Waals surface area (Å²) in [7, 11) is 0. The Balaban J connectivity index is 2.75. The maximum Gasteiger partial charge on any atom is 0.326 e. The highest BCUT2D eigenvalue weighted by Crippen LogP contribution is 2.25. The van der Waals surface area contributed by atoms with Crippen molar-refractivity contribution in [3.05, 3.63) is 39.9 Å². The van der Waals surface area contributed by atoms with Gasteiger partial charge in [-0.3, -0.25) is 4.79 Å². The summed E-state index contributed by atoms with van der Waals surface area (Å²) < 4.78 is 0. The van der Waals surface area contributed by atoms with Gasteiger partial charge in [0, 0.05) is 21.7 Å². The zero-order chi connectivity index (χ0) is 15.1. The number of halogens is 2. The summed E-state index contributed by atoms with van der Waals surface area (Å²) in [6, 6.07) is 4.12. The average molecular weight is 316 g/mol.